The zero-order valence-electron chi connectivity index (χ0n) is 12.9. The monoisotopic (exact) mass is 333 g/mol. The number of hydrogen-bond acceptors (Lipinski definition) is 3. The van der Waals surface area contributed by atoms with Crippen molar-refractivity contribution in [2.24, 2.45) is 0 Å². The first kappa shape index (κ1) is 18.7. The van der Waals surface area contributed by atoms with E-state index in [1.54, 1.807) is 22.4 Å². The molecule has 0 bridgehead atoms. The van der Waals surface area contributed by atoms with E-state index in [0.29, 0.717) is 18.0 Å². The molecular weight excluding hydrogens is 311 g/mol. The Hall–Kier alpha value is -1.30. The van der Waals surface area contributed by atoms with Crippen LogP contribution in [0, 0.1) is 0 Å². The van der Waals surface area contributed by atoms with E-state index in [-0.39, 0.29) is 5.70 Å². The van der Waals surface area contributed by atoms with Crippen molar-refractivity contribution in [2.45, 2.75) is 45.7 Å². The van der Waals surface area contributed by atoms with Gasteiger partial charge in [-0.2, -0.15) is 13.2 Å². The van der Waals surface area contributed by atoms with E-state index >= 15 is 0 Å². The lowest BCUT2D eigenvalue weighted by molar-refractivity contribution is -0.168. The van der Waals surface area contributed by atoms with E-state index in [2.05, 4.69) is 0 Å². The quantitative estimate of drug-likeness (QED) is 0.584. The summed E-state index contributed by atoms with van der Waals surface area (Å²) in [6.07, 6.45) is -0.219. The Morgan fingerprint density at radius 3 is 2.23 bits per heavy atom. The molecule has 0 saturated carbocycles. The van der Waals surface area contributed by atoms with Gasteiger partial charge in [0, 0.05) is 18.0 Å². The molecule has 0 aliphatic carbocycles. The van der Waals surface area contributed by atoms with E-state index in [1.807, 2.05) is 13.8 Å². The highest BCUT2D eigenvalue weighted by Gasteiger charge is 2.42. The molecule has 1 rings (SSSR count). The molecule has 6 heteroatoms. The second-order valence-corrected chi connectivity index (χ2v) is 6.05. The highest BCUT2D eigenvalue weighted by atomic mass is 32.1. The number of thiophene rings is 1. The largest absolute Gasteiger partial charge is 0.456 e. The normalized spacial score (nSPS) is 12.5. The van der Waals surface area contributed by atoms with Crippen molar-refractivity contribution >= 4 is 23.2 Å². The Morgan fingerprint density at radius 1 is 1.23 bits per heavy atom. The van der Waals surface area contributed by atoms with Gasteiger partial charge in [0.25, 0.3) is 5.78 Å². The molecule has 0 spiro atoms. The zero-order chi connectivity index (χ0) is 16.6. The molecule has 0 aliphatic heterocycles. The fourth-order valence-electron chi connectivity index (χ4n) is 2.00. The highest BCUT2D eigenvalue weighted by molar-refractivity contribution is 7.10. The number of unbranched alkanes of at least 4 members (excludes halogenated alkanes) is 2. The minimum Gasteiger partial charge on any atom is -0.368 e. The van der Waals surface area contributed by atoms with Crippen molar-refractivity contribution in [3.8, 4) is 0 Å². The summed E-state index contributed by atoms with van der Waals surface area (Å²) in [6.45, 7) is 4.89. The van der Waals surface area contributed by atoms with Gasteiger partial charge in [0.05, 0.1) is 5.70 Å². The minimum atomic E-state index is -4.85. The van der Waals surface area contributed by atoms with Crippen LogP contribution in [0.1, 0.15) is 44.4 Å². The molecule has 0 N–H and O–H groups in total. The van der Waals surface area contributed by atoms with E-state index in [1.165, 1.54) is 17.4 Å². The third-order valence-corrected chi connectivity index (χ3v) is 4.04. The predicted octanol–water partition coefficient (Wildman–Crippen LogP) is 5.12. The van der Waals surface area contributed by atoms with Crippen LogP contribution in [0.2, 0.25) is 0 Å². The zero-order valence-corrected chi connectivity index (χ0v) is 13.8. The molecule has 0 amide bonds. The maximum absolute atomic E-state index is 12.9. The van der Waals surface area contributed by atoms with Crippen LogP contribution in [-0.2, 0) is 4.79 Å². The molecule has 1 aromatic rings. The van der Waals surface area contributed by atoms with Crippen molar-refractivity contribution in [1.29, 1.82) is 0 Å². The van der Waals surface area contributed by atoms with Crippen LogP contribution in [0.25, 0.3) is 6.08 Å². The summed E-state index contributed by atoms with van der Waals surface area (Å²) in [5, 5.41) is 1.78. The SMILES string of the molecule is CCCCN(CCCC)/C(=C\c1cccs1)C(=O)C(F)(F)F. The second-order valence-electron chi connectivity index (χ2n) is 5.07. The molecule has 1 heterocycles. The molecule has 1 aromatic heterocycles. The Balaban J connectivity index is 3.11. The molecule has 0 radical (unpaired) electrons. The summed E-state index contributed by atoms with van der Waals surface area (Å²) in [4.78, 5) is 14.1. The van der Waals surface area contributed by atoms with Crippen LogP contribution in [0.3, 0.4) is 0 Å². The standard InChI is InChI=1S/C16H22F3NOS/c1-3-5-9-20(10-6-4-2)14(15(21)16(17,18)19)12-13-8-7-11-22-13/h7-8,11-12H,3-6,9-10H2,1-2H3/b14-12-. The van der Waals surface area contributed by atoms with Crippen molar-refractivity contribution in [2.75, 3.05) is 13.1 Å². The van der Waals surface area contributed by atoms with E-state index in [9.17, 15) is 18.0 Å². The van der Waals surface area contributed by atoms with Gasteiger partial charge >= 0.3 is 6.18 Å². The molecule has 0 aliphatic rings. The summed E-state index contributed by atoms with van der Waals surface area (Å²) < 4.78 is 38.8. The number of rotatable bonds is 9. The smallest absolute Gasteiger partial charge is 0.368 e. The lowest BCUT2D eigenvalue weighted by atomic mass is 10.1. The number of nitrogens with zero attached hydrogens (tertiary/aromatic N) is 1. The van der Waals surface area contributed by atoms with Crippen LogP contribution in [-0.4, -0.2) is 29.9 Å². The van der Waals surface area contributed by atoms with Gasteiger partial charge in [-0.05, 0) is 30.4 Å². The first-order valence-corrected chi connectivity index (χ1v) is 8.39. The number of hydrogen-bond donors (Lipinski definition) is 0. The van der Waals surface area contributed by atoms with Crippen LogP contribution in [0.5, 0.6) is 0 Å². The summed E-state index contributed by atoms with van der Waals surface area (Å²) in [5.74, 6) is -1.76. The van der Waals surface area contributed by atoms with Gasteiger partial charge in [-0.25, -0.2) is 0 Å². The number of carbonyl (C=O) groups is 1. The Kier molecular flexibility index (Phi) is 7.65. The van der Waals surface area contributed by atoms with Gasteiger partial charge in [-0.3, -0.25) is 4.79 Å². The molecular formula is C16H22F3NOS. The van der Waals surface area contributed by atoms with Crippen molar-refractivity contribution in [1.82, 2.24) is 4.90 Å². The average molecular weight is 333 g/mol. The third kappa shape index (κ3) is 5.83. The van der Waals surface area contributed by atoms with Gasteiger partial charge < -0.3 is 4.90 Å². The minimum absolute atomic E-state index is 0.239. The van der Waals surface area contributed by atoms with Crippen molar-refractivity contribution < 1.29 is 18.0 Å². The summed E-state index contributed by atoms with van der Waals surface area (Å²) in [6, 6.07) is 3.47. The molecule has 0 unspecified atom stereocenters. The number of carbonyl (C=O) groups excluding carboxylic acids is 1. The Bertz CT molecular complexity index is 472. The predicted molar refractivity (Wildman–Crippen MR) is 84.7 cm³/mol. The van der Waals surface area contributed by atoms with Gasteiger partial charge in [-0.15, -0.1) is 11.3 Å². The molecule has 0 aromatic carbocycles. The fraction of sp³-hybridized carbons (Fsp3) is 0.562. The molecule has 0 saturated heterocycles. The van der Waals surface area contributed by atoms with E-state index < -0.39 is 12.0 Å². The number of halogens is 3. The van der Waals surface area contributed by atoms with Gasteiger partial charge in [0.1, 0.15) is 0 Å². The summed E-state index contributed by atoms with van der Waals surface area (Å²) in [5.41, 5.74) is -0.239. The van der Waals surface area contributed by atoms with Crippen molar-refractivity contribution in [3.63, 3.8) is 0 Å². The number of alkyl halides is 3. The third-order valence-electron chi connectivity index (χ3n) is 3.22. The van der Waals surface area contributed by atoms with Gasteiger partial charge in [0.15, 0.2) is 0 Å². The lowest BCUT2D eigenvalue weighted by Gasteiger charge is -2.27. The maximum Gasteiger partial charge on any atom is 0.456 e. The van der Waals surface area contributed by atoms with Crippen LogP contribution in [0.15, 0.2) is 23.2 Å². The Morgan fingerprint density at radius 2 is 1.82 bits per heavy atom. The topological polar surface area (TPSA) is 20.3 Å². The second kappa shape index (κ2) is 8.98. The van der Waals surface area contributed by atoms with Crippen molar-refractivity contribution in [3.05, 3.63) is 28.1 Å². The van der Waals surface area contributed by atoms with Crippen LogP contribution >= 0.6 is 11.3 Å². The van der Waals surface area contributed by atoms with Gasteiger partial charge in [-0.1, -0.05) is 32.8 Å². The maximum atomic E-state index is 12.9. The summed E-state index contributed by atoms with van der Waals surface area (Å²) in [7, 11) is 0. The van der Waals surface area contributed by atoms with Gasteiger partial charge in [0.2, 0.25) is 0 Å². The molecule has 0 fully saturated rings. The first-order chi connectivity index (χ1) is 10.4. The number of allylic oxidation sites excluding steroid dienone is 1. The van der Waals surface area contributed by atoms with Crippen LogP contribution < -0.4 is 0 Å². The number of Topliss-reactive ketones (excluding diaryl/α,β-unsaturated/α-hetero) is 1. The van der Waals surface area contributed by atoms with E-state index in [4.69, 9.17) is 0 Å². The molecule has 124 valence electrons. The molecule has 22 heavy (non-hydrogen) atoms. The lowest BCUT2D eigenvalue weighted by Crippen LogP contribution is -2.36. The highest BCUT2D eigenvalue weighted by Crippen LogP contribution is 2.26. The number of ketones is 1. The summed E-state index contributed by atoms with van der Waals surface area (Å²) >= 11 is 1.32. The average Bonchev–Trinajstić information content (AvgIpc) is 2.97. The fourth-order valence-corrected chi connectivity index (χ4v) is 2.66. The Labute approximate surface area is 133 Å². The van der Waals surface area contributed by atoms with E-state index in [0.717, 1.165) is 25.7 Å². The molecule has 0 atom stereocenters. The molecule has 2 nitrogen and oxygen atoms in total. The van der Waals surface area contributed by atoms with Crippen LogP contribution in [0.4, 0.5) is 13.2 Å². The first-order valence-electron chi connectivity index (χ1n) is 7.51.